The average molecular weight is 464 g/mol. The molecule has 25 heavy (non-hydrogen) atoms. The number of nitrogens with one attached hydrogen (secondary N) is 2. The Morgan fingerprint density at radius 3 is 2.60 bits per heavy atom. The predicted octanol–water partition coefficient (Wildman–Crippen LogP) is 2.88. The van der Waals surface area contributed by atoms with E-state index in [9.17, 15) is 0 Å². The summed E-state index contributed by atoms with van der Waals surface area (Å²) in [7, 11) is 0. The van der Waals surface area contributed by atoms with Gasteiger partial charge in [-0.2, -0.15) is 5.10 Å². The van der Waals surface area contributed by atoms with Gasteiger partial charge < -0.3 is 15.5 Å². The van der Waals surface area contributed by atoms with Crippen molar-refractivity contribution < 1.29 is 0 Å². The van der Waals surface area contributed by atoms with Crippen LogP contribution in [0.15, 0.2) is 17.4 Å². The maximum Gasteiger partial charge on any atom is 0.191 e. The smallest absolute Gasteiger partial charge is 0.191 e. The molecular weight excluding hydrogens is 427 g/mol. The highest BCUT2D eigenvalue weighted by Gasteiger charge is 2.06. The fourth-order valence-corrected chi connectivity index (χ4v) is 2.64. The van der Waals surface area contributed by atoms with Gasteiger partial charge in [-0.05, 0) is 58.8 Å². The third kappa shape index (κ3) is 10.7. The van der Waals surface area contributed by atoms with Crippen LogP contribution in [0, 0.1) is 6.92 Å². The maximum absolute atomic E-state index is 4.66. The molecule has 0 spiro atoms. The monoisotopic (exact) mass is 464 g/mol. The van der Waals surface area contributed by atoms with Crippen LogP contribution in [0.2, 0.25) is 0 Å². The molecule has 1 heterocycles. The van der Waals surface area contributed by atoms with Crippen molar-refractivity contribution in [1.29, 1.82) is 0 Å². The molecule has 0 bridgehead atoms. The van der Waals surface area contributed by atoms with E-state index < -0.39 is 0 Å². The summed E-state index contributed by atoms with van der Waals surface area (Å²) in [6, 6.07) is 0.422. The summed E-state index contributed by atoms with van der Waals surface area (Å²) in [5.41, 5.74) is 1.19. The standard InChI is InChI=1S/C18H36N6.HI/c1-6-19-18(20-11-13-24-15-16(4)14-21-24)22-17(5)10-9-12-23(7-2)8-3;/h14-15,17H,6-13H2,1-5H3,(H2,19,20,22);1H. The lowest BCUT2D eigenvalue weighted by Gasteiger charge is -2.21. The second kappa shape index (κ2) is 14.4. The van der Waals surface area contributed by atoms with E-state index in [1.54, 1.807) is 0 Å². The number of rotatable bonds is 11. The molecular formula is C18H37IN6. The molecule has 0 fully saturated rings. The molecule has 0 saturated heterocycles. The first-order valence-electron chi connectivity index (χ1n) is 9.35. The van der Waals surface area contributed by atoms with Crippen LogP contribution in [0.1, 0.15) is 46.1 Å². The zero-order valence-electron chi connectivity index (χ0n) is 16.6. The van der Waals surface area contributed by atoms with E-state index in [4.69, 9.17) is 0 Å². The van der Waals surface area contributed by atoms with Crippen molar-refractivity contribution >= 4 is 29.9 Å². The Hall–Kier alpha value is -0.830. The van der Waals surface area contributed by atoms with Crippen LogP contribution in [-0.4, -0.2) is 59.4 Å². The largest absolute Gasteiger partial charge is 0.357 e. The van der Waals surface area contributed by atoms with Gasteiger partial charge in [0, 0.05) is 18.8 Å². The first-order valence-corrected chi connectivity index (χ1v) is 9.35. The molecule has 0 aliphatic rings. The van der Waals surface area contributed by atoms with Gasteiger partial charge in [0.05, 0.1) is 19.3 Å². The van der Waals surface area contributed by atoms with E-state index in [2.05, 4.69) is 60.2 Å². The molecule has 6 nitrogen and oxygen atoms in total. The van der Waals surface area contributed by atoms with Crippen molar-refractivity contribution in [3.8, 4) is 0 Å². The Labute approximate surface area is 170 Å². The van der Waals surface area contributed by atoms with Gasteiger partial charge in [-0.25, -0.2) is 0 Å². The number of aryl methyl sites for hydroxylation is 1. The third-order valence-electron chi connectivity index (χ3n) is 4.09. The zero-order valence-corrected chi connectivity index (χ0v) is 18.9. The van der Waals surface area contributed by atoms with Gasteiger partial charge >= 0.3 is 0 Å². The Bertz CT molecular complexity index is 470. The predicted molar refractivity (Wildman–Crippen MR) is 118 cm³/mol. The van der Waals surface area contributed by atoms with E-state index in [0.717, 1.165) is 45.1 Å². The van der Waals surface area contributed by atoms with Gasteiger partial charge in [-0.15, -0.1) is 24.0 Å². The molecule has 0 radical (unpaired) electrons. The van der Waals surface area contributed by atoms with Crippen LogP contribution in [0.25, 0.3) is 0 Å². The normalized spacial score (nSPS) is 12.8. The molecule has 1 aromatic heterocycles. The molecule has 1 unspecified atom stereocenters. The summed E-state index contributed by atoms with van der Waals surface area (Å²) >= 11 is 0. The van der Waals surface area contributed by atoms with Crippen molar-refractivity contribution in [3.05, 3.63) is 18.0 Å². The number of hydrogen-bond acceptors (Lipinski definition) is 3. The number of aliphatic imine (C=N–C) groups is 1. The van der Waals surface area contributed by atoms with Crippen LogP contribution in [0.5, 0.6) is 0 Å². The molecule has 0 amide bonds. The summed E-state index contributed by atoms with van der Waals surface area (Å²) in [6.45, 7) is 16.7. The zero-order chi connectivity index (χ0) is 17.8. The minimum absolute atomic E-state index is 0. The fourth-order valence-electron chi connectivity index (χ4n) is 2.64. The first-order chi connectivity index (χ1) is 11.6. The lowest BCUT2D eigenvalue weighted by molar-refractivity contribution is 0.292. The molecule has 0 saturated carbocycles. The minimum Gasteiger partial charge on any atom is -0.357 e. The highest BCUT2D eigenvalue weighted by molar-refractivity contribution is 14.0. The fraction of sp³-hybridized carbons (Fsp3) is 0.778. The molecule has 2 N–H and O–H groups in total. The summed E-state index contributed by atoms with van der Waals surface area (Å²) in [4.78, 5) is 7.13. The molecule has 0 aliphatic heterocycles. The van der Waals surface area contributed by atoms with E-state index >= 15 is 0 Å². The lowest BCUT2D eigenvalue weighted by Crippen LogP contribution is -2.42. The number of halogens is 1. The third-order valence-corrected chi connectivity index (χ3v) is 4.09. The van der Waals surface area contributed by atoms with Gasteiger partial charge in [0.2, 0.25) is 0 Å². The molecule has 0 aliphatic carbocycles. The Morgan fingerprint density at radius 1 is 1.32 bits per heavy atom. The number of guanidine groups is 1. The second-order valence-electron chi connectivity index (χ2n) is 6.26. The van der Waals surface area contributed by atoms with Crippen molar-refractivity contribution in [1.82, 2.24) is 25.3 Å². The quantitative estimate of drug-likeness (QED) is 0.301. The van der Waals surface area contributed by atoms with Gasteiger partial charge in [0.1, 0.15) is 0 Å². The minimum atomic E-state index is 0. The first kappa shape index (κ1) is 24.2. The van der Waals surface area contributed by atoms with E-state index in [-0.39, 0.29) is 24.0 Å². The number of nitrogens with zero attached hydrogens (tertiary/aromatic N) is 4. The molecule has 1 atom stereocenters. The lowest BCUT2D eigenvalue weighted by atomic mass is 10.2. The molecule has 0 aromatic carbocycles. The maximum atomic E-state index is 4.66. The van der Waals surface area contributed by atoms with Gasteiger partial charge in [-0.3, -0.25) is 9.67 Å². The highest BCUT2D eigenvalue weighted by Crippen LogP contribution is 2.00. The number of aromatic nitrogens is 2. The molecule has 1 rings (SSSR count). The highest BCUT2D eigenvalue weighted by atomic mass is 127. The second-order valence-corrected chi connectivity index (χ2v) is 6.26. The van der Waals surface area contributed by atoms with Crippen molar-refractivity contribution in [2.75, 3.05) is 32.7 Å². The average Bonchev–Trinajstić information content (AvgIpc) is 2.97. The summed E-state index contributed by atoms with van der Waals surface area (Å²) in [5.74, 6) is 0.900. The Balaban J connectivity index is 0.00000576. The Kier molecular flexibility index (Phi) is 13.9. The molecule has 1 aromatic rings. The van der Waals surface area contributed by atoms with Gasteiger partial charge in [0.25, 0.3) is 0 Å². The molecule has 7 heteroatoms. The van der Waals surface area contributed by atoms with Crippen molar-refractivity contribution in [2.45, 2.75) is 60.0 Å². The van der Waals surface area contributed by atoms with Crippen molar-refractivity contribution in [2.24, 2.45) is 4.99 Å². The van der Waals surface area contributed by atoms with Gasteiger partial charge in [0.15, 0.2) is 5.96 Å². The summed E-state index contributed by atoms with van der Waals surface area (Å²) < 4.78 is 1.94. The van der Waals surface area contributed by atoms with Crippen LogP contribution in [-0.2, 0) is 6.54 Å². The topological polar surface area (TPSA) is 57.5 Å². The van der Waals surface area contributed by atoms with Crippen LogP contribution in [0.3, 0.4) is 0 Å². The van der Waals surface area contributed by atoms with E-state index in [1.165, 1.54) is 18.5 Å². The van der Waals surface area contributed by atoms with Crippen LogP contribution >= 0.6 is 24.0 Å². The molecule has 146 valence electrons. The summed E-state index contributed by atoms with van der Waals surface area (Å²) in [6.07, 6.45) is 6.29. The van der Waals surface area contributed by atoms with E-state index in [1.807, 2.05) is 17.1 Å². The number of hydrogen-bond donors (Lipinski definition) is 2. The van der Waals surface area contributed by atoms with E-state index in [0.29, 0.717) is 6.04 Å². The Morgan fingerprint density at radius 2 is 2.04 bits per heavy atom. The van der Waals surface area contributed by atoms with Crippen LogP contribution < -0.4 is 10.6 Å². The van der Waals surface area contributed by atoms with Crippen LogP contribution in [0.4, 0.5) is 0 Å². The van der Waals surface area contributed by atoms with Gasteiger partial charge in [-0.1, -0.05) is 13.8 Å². The van der Waals surface area contributed by atoms with Crippen molar-refractivity contribution in [3.63, 3.8) is 0 Å². The SMILES string of the molecule is CCNC(=NCCn1cc(C)cn1)NC(C)CCCN(CC)CC.I. The summed E-state index contributed by atoms with van der Waals surface area (Å²) in [5, 5.41) is 11.1.